The lowest BCUT2D eigenvalue weighted by atomic mass is 9.99. The summed E-state index contributed by atoms with van der Waals surface area (Å²) in [6, 6.07) is 7.86. The van der Waals surface area contributed by atoms with Crippen LogP contribution in [0.5, 0.6) is 0 Å². The van der Waals surface area contributed by atoms with Crippen LogP contribution < -0.4 is 15.4 Å². The van der Waals surface area contributed by atoms with Crippen LogP contribution in [0.2, 0.25) is 0 Å². The molecule has 2 aliphatic rings. The molecule has 3 aromatic rings. The average Bonchev–Trinajstić information content (AvgIpc) is 3.55. The molecule has 5 rings (SSSR count). The first kappa shape index (κ1) is 22.6. The van der Waals surface area contributed by atoms with Gasteiger partial charge in [-0.1, -0.05) is 24.9 Å². The first-order valence-electron chi connectivity index (χ1n) is 11.7. The van der Waals surface area contributed by atoms with Gasteiger partial charge >= 0.3 is 0 Å². The molecule has 1 saturated heterocycles. The van der Waals surface area contributed by atoms with Gasteiger partial charge in [0.1, 0.15) is 0 Å². The maximum Gasteiger partial charge on any atom is 0.223 e. The van der Waals surface area contributed by atoms with Gasteiger partial charge in [0.05, 0.1) is 27.0 Å². The fourth-order valence-corrected chi connectivity index (χ4v) is 5.76. The highest BCUT2D eigenvalue weighted by atomic mass is 32.2. The third-order valence-corrected chi connectivity index (χ3v) is 8.09. The molecule has 6 nitrogen and oxygen atoms in total. The zero-order valence-electron chi connectivity index (χ0n) is 18.7. The first-order valence-corrected chi connectivity index (χ1v) is 13.5. The summed E-state index contributed by atoms with van der Waals surface area (Å²) < 4.78 is 18.8. The molecule has 0 atom stereocenters. The van der Waals surface area contributed by atoms with Crippen LogP contribution in [0, 0.1) is 5.82 Å². The predicted octanol–water partition coefficient (Wildman–Crippen LogP) is 5.92. The van der Waals surface area contributed by atoms with Gasteiger partial charge in [-0.05, 0) is 63.4 Å². The molecule has 3 N–H and O–H groups in total. The smallest absolute Gasteiger partial charge is 0.223 e. The van der Waals surface area contributed by atoms with Crippen molar-refractivity contribution in [2.24, 2.45) is 0 Å². The number of aromatic nitrogens is 3. The summed E-state index contributed by atoms with van der Waals surface area (Å²) in [5.74, 6) is 1.67. The van der Waals surface area contributed by atoms with E-state index in [1.807, 2.05) is 18.2 Å². The van der Waals surface area contributed by atoms with Gasteiger partial charge in [0.15, 0.2) is 5.82 Å². The van der Waals surface area contributed by atoms with Gasteiger partial charge in [0.25, 0.3) is 0 Å². The molecule has 0 unspecified atom stereocenters. The monoisotopic (exact) mass is 484 g/mol. The van der Waals surface area contributed by atoms with Crippen LogP contribution in [0.1, 0.15) is 50.0 Å². The van der Waals surface area contributed by atoms with E-state index >= 15 is 4.39 Å². The highest BCUT2D eigenvalue weighted by Crippen LogP contribution is 2.42. The second-order valence-electron chi connectivity index (χ2n) is 8.56. The quantitative estimate of drug-likeness (QED) is 0.257. The topological polar surface area (TPSA) is 74.8 Å². The summed E-state index contributed by atoms with van der Waals surface area (Å²) in [7, 11) is 0. The Morgan fingerprint density at radius 1 is 1.15 bits per heavy atom. The van der Waals surface area contributed by atoms with E-state index in [0.717, 1.165) is 66.5 Å². The molecular formula is C24H29FN6S2. The predicted molar refractivity (Wildman–Crippen MR) is 136 cm³/mol. The Morgan fingerprint density at radius 2 is 2.00 bits per heavy atom. The Kier molecular flexibility index (Phi) is 7.08. The first-order chi connectivity index (χ1) is 16.2. The third kappa shape index (κ3) is 5.31. The fraction of sp³-hybridized carbons (Fsp3) is 0.458. The normalized spacial score (nSPS) is 16.7. The number of hydrogen-bond donors (Lipinski definition) is 3. The molecule has 0 spiro atoms. The van der Waals surface area contributed by atoms with Gasteiger partial charge in [-0.3, -0.25) is 0 Å². The van der Waals surface area contributed by atoms with Crippen molar-refractivity contribution in [1.29, 1.82) is 0 Å². The summed E-state index contributed by atoms with van der Waals surface area (Å²) >= 11 is 3.17. The van der Waals surface area contributed by atoms with Crippen LogP contribution in [0.15, 0.2) is 30.5 Å². The van der Waals surface area contributed by atoms with Gasteiger partial charge in [0.2, 0.25) is 5.95 Å². The molecule has 3 heterocycles. The second-order valence-corrected chi connectivity index (χ2v) is 10.5. The van der Waals surface area contributed by atoms with E-state index in [2.05, 4.69) is 27.3 Å². The van der Waals surface area contributed by atoms with Crippen LogP contribution >= 0.6 is 23.3 Å². The highest BCUT2D eigenvalue weighted by Gasteiger charge is 2.26. The largest absolute Gasteiger partial charge is 0.351 e. The minimum Gasteiger partial charge on any atom is -0.351 e. The van der Waals surface area contributed by atoms with Gasteiger partial charge in [-0.25, -0.2) is 19.3 Å². The number of piperidine rings is 1. The lowest BCUT2D eigenvalue weighted by Gasteiger charge is -2.20. The molecule has 0 radical (unpaired) electrons. The molecule has 0 amide bonds. The van der Waals surface area contributed by atoms with Crippen molar-refractivity contribution >= 4 is 34.9 Å². The minimum absolute atomic E-state index is 0.269. The van der Waals surface area contributed by atoms with Crippen molar-refractivity contribution in [3.63, 3.8) is 0 Å². The summed E-state index contributed by atoms with van der Waals surface area (Å²) in [5.41, 5.74) is 2.47. The molecule has 0 bridgehead atoms. The maximum absolute atomic E-state index is 15.6. The molecule has 1 aliphatic heterocycles. The standard InChI is InChI=1S/C24H29FN6S2/c1-2-14-32-31-18-5-3-4-17(20(18)25)21-22(33-23(30-21)15-8-11-26-12-9-15)19-10-13-27-24(29-19)28-16-6-7-16/h3-5,10,13,15-16,26,31H,2,6-9,11-12,14H2,1H3,(H,27,28,29). The van der Waals surface area contributed by atoms with Crippen LogP contribution in [-0.2, 0) is 0 Å². The SMILES string of the molecule is CCCSNc1cccc(-c2nc(C3CCNCC3)sc2-c2ccnc(NC3CC3)n2)c1F. The second kappa shape index (κ2) is 10.4. The molecule has 1 aliphatic carbocycles. The lowest BCUT2D eigenvalue weighted by molar-refractivity contribution is 0.459. The van der Waals surface area contributed by atoms with Crippen molar-refractivity contribution in [1.82, 2.24) is 20.3 Å². The van der Waals surface area contributed by atoms with E-state index in [1.54, 1.807) is 23.6 Å². The molecule has 1 aromatic carbocycles. The van der Waals surface area contributed by atoms with E-state index in [4.69, 9.17) is 9.97 Å². The molecular weight excluding hydrogens is 455 g/mol. The minimum atomic E-state index is -0.269. The van der Waals surface area contributed by atoms with Crippen LogP contribution in [0.4, 0.5) is 16.0 Å². The Morgan fingerprint density at radius 3 is 2.79 bits per heavy atom. The number of nitrogens with zero attached hydrogens (tertiary/aromatic N) is 3. The van der Waals surface area contributed by atoms with E-state index in [9.17, 15) is 0 Å². The van der Waals surface area contributed by atoms with E-state index in [1.165, 1.54) is 11.9 Å². The summed E-state index contributed by atoms with van der Waals surface area (Å²) in [5, 5.41) is 7.86. The van der Waals surface area contributed by atoms with Crippen LogP contribution in [0.25, 0.3) is 21.8 Å². The Bertz CT molecular complexity index is 1090. The number of anilines is 2. The Labute approximate surface area is 202 Å². The van der Waals surface area contributed by atoms with Crippen molar-refractivity contribution in [3.8, 4) is 21.8 Å². The summed E-state index contributed by atoms with van der Waals surface area (Å²) in [4.78, 5) is 15.1. The third-order valence-electron chi connectivity index (χ3n) is 5.87. The highest BCUT2D eigenvalue weighted by molar-refractivity contribution is 8.00. The number of thiazole rings is 1. The fourth-order valence-electron chi connectivity index (χ4n) is 3.93. The van der Waals surface area contributed by atoms with Crippen molar-refractivity contribution < 1.29 is 4.39 Å². The summed E-state index contributed by atoms with van der Waals surface area (Å²) in [6.45, 7) is 4.08. The molecule has 2 fully saturated rings. The van der Waals surface area contributed by atoms with Crippen molar-refractivity contribution in [2.75, 3.05) is 28.9 Å². The van der Waals surface area contributed by atoms with Crippen molar-refractivity contribution in [3.05, 3.63) is 41.3 Å². The van der Waals surface area contributed by atoms with Gasteiger partial charge in [-0.15, -0.1) is 11.3 Å². The van der Waals surface area contributed by atoms with Gasteiger partial charge < -0.3 is 15.4 Å². The zero-order chi connectivity index (χ0) is 22.6. The number of hydrogen-bond acceptors (Lipinski definition) is 8. The summed E-state index contributed by atoms with van der Waals surface area (Å²) in [6.07, 6.45) is 7.20. The number of halogens is 1. The number of nitrogens with one attached hydrogen (secondary N) is 3. The molecule has 9 heteroatoms. The Hall–Kier alpha value is -2.23. The number of benzene rings is 1. The van der Waals surface area contributed by atoms with Gasteiger partial charge in [0, 0.05) is 29.5 Å². The number of rotatable bonds is 9. The average molecular weight is 485 g/mol. The van der Waals surface area contributed by atoms with Crippen molar-refractivity contribution in [2.45, 2.75) is 51.0 Å². The van der Waals surface area contributed by atoms with Crippen LogP contribution in [0.3, 0.4) is 0 Å². The molecule has 1 saturated carbocycles. The lowest BCUT2D eigenvalue weighted by Crippen LogP contribution is -2.26. The Balaban J connectivity index is 1.55. The maximum atomic E-state index is 15.6. The van der Waals surface area contributed by atoms with E-state index in [-0.39, 0.29) is 5.82 Å². The molecule has 174 valence electrons. The molecule has 2 aromatic heterocycles. The molecule has 33 heavy (non-hydrogen) atoms. The van der Waals surface area contributed by atoms with E-state index < -0.39 is 0 Å². The zero-order valence-corrected chi connectivity index (χ0v) is 20.4. The van der Waals surface area contributed by atoms with Gasteiger partial charge in [-0.2, -0.15) is 0 Å². The van der Waals surface area contributed by atoms with Crippen LogP contribution in [-0.4, -0.2) is 39.8 Å². The van der Waals surface area contributed by atoms with E-state index in [0.29, 0.717) is 34.9 Å².